The molecule has 0 spiro atoms. The van der Waals surface area contributed by atoms with Crippen LogP contribution in [0.25, 0.3) is 10.9 Å². The molecule has 2 saturated carbocycles. The van der Waals surface area contributed by atoms with Gasteiger partial charge in [0.15, 0.2) is 5.84 Å². The van der Waals surface area contributed by atoms with Gasteiger partial charge in [-0.1, -0.05) is 17.3 Å². The third-order valence-electron chi connectivity index (χ3n) is 7.70. The van der Waals surface area contributed by atoms with E-state index in [-0.39, 0.29) is 23.7 Å². The first kappa shape index (κ1) is 22.2. The van der Waals surface area contributed by atoms with Gasteiger partial charge in [-0.25, -0.2) is 15.0 Å². The summed E-state index contributed by atoms with van der Waals surface area (Å²) in [5.74, 6) is 2.27. The second-order valence-electron chi connectivity index (χ2n) is 10.0. The van der Waals surface area contributed by atoms with Crippen LogP contribution in [0.5, 0.6) is 0 Å². The van der Waals surface area contributed by atoms with Crippen LogP contribution in [-0.4, -0.2) is 68.1 Å². The van der Waals surface area contributed by atoms with Crippen LogP contribution in [0.15, 0.2) is 57.7 Å². The van der Waals surface area contributed by atoms with Crippen molar-refractivity contribution in [2.45, 2.75) is 50.4 Å². The molecule has 2 aliphatic heterocycles. The van der Waals surface area contributed by atoms with Crippen LogP contribution in [0.2, 0.25) is 0 Å². The van der Waals surface area contributed by atoms with Gasteiger partial charge >= 0.3 is 0 Å². The maximum Gasteiger partial charge on any atom is 0.183 e. The molecular weight excluding hydrogens is 444 g/mol. The first-order chi connectivity index (χ1) is 17.1. The maximum absolute atomic E-state index is 10.9. The summed E-state index contributed by atoms with van der Waals surface area (Å²) in [4.78, 5) is 15.0. The highest BCUT2D eigenvalue weighted by Crippen LogP contribution is 2.37. The highest BCUT2D eigenvalue weighted by atomic mass is 16.4. The van der Waals surface area contributed by atoms with Gasteiger partial charge in [-0.15, -0.1) is 0 Å². The molecule has 0 saturated heterocycles. The van der Waals surface area contributed by atoms with Crippen molar-refractivity contribution in [2.24, 2.45) is 32.9 Å². The molecule has 9 nitrogen and oxygen atoms in total. The predicted octanol–water partition coefficient (Wildman–Crippen LogP) is 2.77. The summed E-state index contributed by atoms with van der Waals surface area (Å²) in [6.07, 6.45) is 8.17. The van der Waals surface area contributed by atoms with Crippen LogP contribution in [0.4, 0.5) is 5.82 Å². The van der Waals surface area contributed by atoms with Gasteiger partial charge in [0.25, 0.3) is 0 Å². The molecule has 35 heavy (non-hydrogen) atoms. The van der Waals surface area contributed by atoms with E-state index in [1.807, 2.05) is 23.2 Å². The van der Waals surface area contributed by atoms with Crippen molar-refractivity contribution in [3.8, 4) is 0 Å². The number of fused-ring (bicyclic) bond motifs is 2. The molecule has 9 heteroatoms. The van der Waals surface area contributed by atoms with Gasteiger partial charge in [-0.2, -0.15) is 0 Å². The van der Waals surface area contributed by atoms with Gasteiger partial charge < -0.3 is 25.6 Å². The van der Waals surface area contributed by atoms with Crippen molar-refractivity contribution < 1.29 is 15.4 Å². The number of aliphatic imine (C=N–C) groups is 2. The maximum atomic E-state index is 10.9. The van der Waals surface area contributed by atoms with Gasteiger partial charge in [0.05, 0.1) is 17.7 Å². The molecule has 2 aliphatic carbocycles. The highest BCUT2D eigenvalue weighted by Gasteiger charge is 2.47. The largest absolute Gasteiger partial charge is 0.409 e. The zero-order valence-electron chi connectivity index (χ0n) is 19.4. The number of nitrogens with zero attached hydrogens (tertiary/aromatic N) is 5. The molecule has 1 unspecified atom stereocenters. The van der Waals surface area contributed by atoms with Crippen LogP contribution in [0, 0.1) is 17.8 Å². The summed E-state index contributed by atoms with van der Waals surface area (Å²) in [5, 5.41) is 38.7. The van der Waals surface area contributed by atoms with Crippen molar-refractivity contribution in [2.75, 3.05) is 11.9 Å². The zero-order valence-corrected chi connectivity index (χ0v) is 19.4. The van der Waals surface area contributed by atoms with Crippen molar-refractivity contribution in [1.29, 1.82) is 0 Å². The summed E-state index contributed by atoms with van der Waals surface area (Å²) < 4.78 is 0. The average molecular weight is 475 g/mol. The van der Waals surface area contributed by atoms with Gasteiger partial charge in [-0.3, -0.25) is 0 Å². The van der Waals surface area contributed by atoms with Crippen LogP contribution in [-0.2, 0) is 6.42 Å². The van der Waals surface area contributed by atoms with E-state index in [0.717, 1.165) is 42.0 Å². The number of amidine groups is 2. The first-order valence-electron chi connectivity index (χ1n) is 12.4. The standard InChI is InChI=1S/C26H30N6O3/c33-23-18(12-21(24(23)34)32-10-9-19-25(31-35)28-14-29-26(19)32)6-4-15-3-5-17-7-8-22(30-20(17)11-15)27-13-16-1-2-16/h3,5,7-11,14,16,18-19,21,23-24,33-35H,1-2,4,6,12-13H2,(H,27,30)/b31-25-/t18-,19?,21+,23+,24-/m0/s1. The normalized spacial score (nSPS) is 30.8. The Kier molecular flexibility index (Phi) is 5.74. The van der Waals surface area contributed by atoms with Crippen LogP contribution in [0.3, 0.4) is 0 Å². The molecule has 0 radical (unpaired) electrons. The number of oxime groups is 1. The van der Waals surface area contributed by atoms with E-state index in [0.29, 0.717) is 12.3 Å². The van der Waals surface area contributed by atoms with Crippen LogP contribution < -0.4 is 5.32 Å². The minimum Gasteiger partial charge on any atom is -0.409 e. The van der Waals surface area contributed by atoms with Crippen molar-refractivity contribution in [3.05, 3.63) is 48.2 Å². The number of hydrogen-bond donors (Lipinski definition) is 4. The number of hydrogen-bond acceptors (Lipinski definition) is 8. The molecule has 182 valence electrons. The van der Waals surface area contributed by atoms with Crippen molar-refractivity contribution in [3.63, 3.8) is 0 Å². The molecule has 4 N–H and O–H groups in total. The molecule has 2 fully saturated rings. The van der Waals surface area contributed by atoms with Gasteiger partial charge in [-0.05, 0) is 73.8 Å². The molecule has 4 aliphatic rings. The molecule has 0 bridgehead atoms. The van der Waals surface area contributed by atoms with E-state index in [2.05, 4.69) is 44.7 Å². The van der Waals surface area contributed by atoms with Crippen LogP contribution in [0.1, 0.15) is 31.2 Å². The number of benzene rings is 1. The number of anilines is 1. The second-order valence-corrected chi connectivity index (χ2v) is 10.0. The summed E-state index contributed by atoms with van der Waals surface area (Å²) in [6, 6.07) is 10.2. The average Bonchev–Trinajstić information content (AvgIpc) is 3.56. The van der Waals surface area contributed by atoms with Crippen molar-refractivity contribution in [1.82, 2.24) is 9.88 Å². The molecule has 6 rings (SSSR count). The van der Waals surface area contributed by atoms with E-state index < -0.39 is 12.2 Å². The lowest BCUT2D eigenvalue weighted by Gasteiger charge is -2.29. The van der Waals surface area contributed by atoms with E-state index in [4.69, 9.17) is 4.98 Å². The number of aromatic nitrogens is 1. The topological polar surface area (TPSA) is 126 Å². The Balaban J connectivity index is 1.12. The SMILES string of the molecule is O/N=C1\N=CN=C2C1C=CN2[C@@H]1C[C@H](CCc2ccc3ccc(NCC4CC4)nc3c2)[C@@H](O)[C@H]1O. The minimum absolute atomic E-state index is 0.0403. The lowest BCUT2D eigenvalue weighted by molar-refractivity contribution is 0.00293. The summed E-state index contributed by atoms with van der Waals surface area (Å²) >= 11 is 0. The van der Waals surface area contributed by atoms with E-state index in [1.165, 1.54) is 24.7 Å². The molecule has 1 aromatic carbocycles. The van der Waals surface area contributed by atoms with Gasteiger partial charge in [0.2, 0.25) is 0 Å². The monoisotopic (exact) mass is 474 g/mol. The second kappa shape index (κ2) is 9.05. The van der Waals surface area contributed by atoms with Gasteiger partial charge in [0.1, 0.15) is 30.0 Å². The smallest absolute Gasteiger partial charge is 0.183 e. The minimum atomic E-state index is -0.891. The fourth-order valence-electron chi connectivity index (χ4n) is 5.45. The molecule has 0 amide bonds. The van der Waals surface area contributed by atoms with Crippen molar-refractivity contribution >= 4 is 34.7 Å². The number of pyridine rings is 1. The number of aryl methyl sites for hydroxylation is 1. The third kappa shape index (κ3) is 4.30. The number of nitrogens with one attached hydrogen (secondary N) is 1. The Bertz CT molecular complexity index is 1240. The number of aliphatic hydroxyl groups is 2. The Morgan fingerprint density at radius 1 is 1.11 bits per heavy atom. The van der Waals surface area contributed by atoms with Gasteiger partial charge in [0, 0.05) is 18.1 Å². The summed E-state index contributed by atoms with van der Waals surface area (Å²) in [6.45, 7) is 0.988. The Hall–Kier alpha value is -3.30. The lowest BCUT2D eigenvalue weighted by atomic mass is 9.95. The molecular formula is C26H30N6O3. The quantitative estimate of drug-likeness (QED) is 0.361. The Morgan fingerprint density at radius 3 is 2.80 bits per heavy atom. The molecule has 3 heterocycles. The van der Waals surface area contributed by atoms with Crippen LogP contribution >= 0.6 is 0 Å². The molecule has 5 atom stereocenters. The highest BCUT2D eigenvalue weighted by molar-refractivity contribution is 6.15. The fraction of sp³-hybridized carbons (Fsp3) is 0.462. The lowest BCUT2D eigenvalue weighted by Crippen LogP contribution is -2.44. The first-order valence-corrected chi connectivity index (χ1v) is 12.4. The fourth-order valence-corrected chi connectivity index (χ4v) is 5.45. The number of aliphatic hydroxyl groups excluding tert-OH is 2. The Labute approximate surface area is 203 Å². The molecule has 2 aromatic rings. The Morgan fingerprint density at radius 2 is 1.97 bits per heavy atom. The van der Waals surface area contributed by atoms with E-state index in [9.17, 15) is 15.4 Å². The number of rotatable bonds is 7. The van der Waals surface area contributed by atoms with E-state index >= 15 is 0 Å². The predicted molar refractivity (Wildman–Crippen MR) is 135 cm³/mol. The zero-order chi connectivity index (χ0) is 23.9. The third-order valence-corrected chi connectivity index (χ3v) is 7.70. The molecule has 1 aromatic heterocycles. The van der Waals surface area contributed by atoms with E-state index in [1.54, 1.807) is 0 Å². The summed E-state index contributed by atoms with van der Waals surface area (Å²) in [7, 11) is 0. The summed E-state index contributed by atoms with van der Waals surface area (Å²) in [5.41, 5.74) is 2.15.